The molecule has 0 aromatic carbocycles. The second-order valence-corrected chi connectivity index (χ2v) is 12.2. The zero-order chi connectivity index (χ0) is 33.1. The lowest BCUT2D eigenvalue weighted by molar-refractivity contribution is -0.198. The third-order valence-corrected chi connectivity index (χ3v) is 8.96. The molecular formula is C29H47N5O11S. The second kappa shape index (κ2) is 21.0. The van der Waals surface area contributed by atoms with Gasteiger partial charge in [0.2, 0.25) is 11.8 Å². The van der Waals surface area contributed by atoms with E-state index in [4.69, 9.17) is 23.8 Å². The van der Waals surface area contributed by atoms with Crippen LogP contribution >= 0.6 is 11.8 Å². The molecule has 3 aliphatic rings. The molecule has 4 atom stereocenters. The average molecular weight is 674 g/mol. The molecule has 3 saturated heterocycles. The zero-order valence-electron chi connectivity index (χ0n) is 26.4. The van der Waals surface area contributed by atoms with Crippen molar-refractivity contribution < 1.29 is 52.6 Å². The van der Waals surface area contributed by atoms with Gasteiger partial charge in [0.25, 0.3) is 11.8 Å². The fourth-order valence-electron chi connectivity index (χ4n) is 4.99. The summed E-state index contributed by atoms with van der Waals surface area (Å²) in [6.07, 6.45) is 3.39. The monoisotopic (exact) mass is 673 g/mol. The van der Waals surface area contributed by atoms with Crippen molar-refractivity contribution in [3.63, 3.8) is 0 Å². The highest BCUT2D eigenvalue weighted by atomic mass is 32.2. The minimum Gasteiger partial charge on any atom is -0.378 e. The Kier molecular flexibility index (Phi) is 17.1. The minimum absolute atomic E-state index is 0.0473. The predicted molar refractivity (Wildman–Crippen MR) is 164 cm³/mol. The number of rotatable bonds is 24. The van der Waals surface area contributed by atoms with Crippen LogP contribution in [0, 0.1) is 0 Å². The molecule has 4 N–H and O–H groups in total. The third kappa shape index (κ3) is 13.4. The number of urea groups is 1. The van der Waals surface area contributed by atoms with E-state index in [0.717, 1.165) is 25.0 Å². The van der Waals surface area contributed by atoms with Gasteiger partial charge in [-0.3, -0.25) is 19.2 Å². The van der Waals surface area contributed by atoms with Gasteiger partial charge in [-0.15, -0.1) is 5.06 Å². The van der Waals surface area contributed by atoms with Gasteiger partial charge in [0.15, 0.2) is 0 Å². The second-order valence-electron chi connectivity index (χ2n) is 10.9. The van der Waals surface area contributed by atoms with E-state index in [1.807, 2.05) is 18.7 Å². The summed E-state index contributed by atoms with van der Waals surface area (Å²) in [6.45, 7) is 4.52. The number of carbonyl (C=O) groups is 6. The Morgan fingerprint density at radius 3 is 2.15 bits per heavy atom. The molecule has 0 aromatic rings. The molecule has 0 radical (unpaired) electrons. The smallest absolute Gasteiger partial charge is 0.335 e. The van der Waals surface area contributed by atoms with Gasteiger partial charge in [-0.2, -0.15) is 11.8 Å². The number of hydrogen-bond acceptors (Lipinski definition) is 12. The maximum atomic E-state index is 12.5. The fourth-order valence-corrected chi connectivity index (χ4v) is 6.53. The SMILES string of the molecule is CC[C@H](NC(=O)CCCC[C@@H]1SC[C@H]2NC(=O)N[C@@H]12)C(=O)NCCOCCOCCOCCOCCC(=O)ON1C(=O)CCC1=O. The summed E-state index contributed by atoms with van der Waals surface area (Å²) in [5.41, 5.74) is 0. The number of nitrogens with one attached hydrogen (secondary N) is 4. The summed E-state index contributed by atoms with van der Waals surface area (Å²) in [6, 6.07) is -0.327. The number of amides is 6. The molecule has 3 aliphatic heterocycles. The first-order valence-electron chi connectivity index (χ1n) is 15.9. The largest absolute Gasteiger partial charge is 0.378 e. The highest BCUT2D eigenvalue weighted by Gasteiger charge is 2.42. The summed E-state index contributed by atoms with van der Waals surface area (Å²) in [7, 11) is 0. The summed E-state index contributed by atoms with van der Waals surface area (Å²) < 4.78 is 21.5. The van der Waals surface area contributed by atoms with Crippen molar-refractivity contribution in [2.45, 2.75) is 81.7 Å². The number of nitrogens with zero attached hydrogens (tertiary/aromatic N) is 1. The Morgan fingerprint density at radius 2 is 1.50 bits per heavy atom. The van der Waals surface area contributed by atoms with Crippen LogP contribution < -0.4 is 21.3 Å². The normalized spacial score (nSPS) is 21.1. The van der Waals surface area contributed by atoms with E-state index in [1.165, 1.54) is 0 Å². The van der Waals surface area contributed by atoms with E-state index in [9.17, 15) is 28.8 Å². The van der Waals surface area contributed by atoms with Gasteiger partial charge in [-0.1, -0.05) is 13.3 Å². The van der Waals surface area contributed by atoms with Gasteiger partial charge >= 0.3 is 12.0 Å². The Hall–Kier alpha value is -2.99. The number of carbonyl (C=O) groups excluding carboxylic acids is 6. The summed E-state index contributed by atoms with van der Waals surface area (Å²) >= 11 is 1.86. The maximum absolute atomic E-state index is 12.5. The molecule has 3 heterocycles. The van der Waals surface area contributed by atoms with Crippen LogP contribution in [0.25, 0.3) is 0 Å². The van der Waals surface area contributed by atoms with Crippen molar-refractivity contribution in [1.29, 1.82) is 0 Å². The summed E-state index contributed by atoms with van der Waals surface area (Å²) in [5.74, 6) is -1.24. The maximum Gasteiger partial charge on any atom is 0.335 e. The molecular weight excluding hydrogens is 626 g/mol. The van der Waals surface area contributed by atoms with Crippen LogP contribution in [0.5, 0.6) is 0 Å². The Labute approximate surface area is 273 Å². The van der Waals surface area contributed by atoms with Crippen molar-refractivity contribution in [1.82, 2.24) is 26.3 Å². The Morgan fingerprint density at radius 1 is 0.870 bits per heavy atom. The molecule has 0 saturated carbocycles. The first-order valence-corrected chi connectivity index (χ1v) is 17.0. The topological polar surface area (TPSA) is 200 Å². The summed E-state index contributed by atoms with van der Waals surface area (Å²) in [5, 5.41) is 12.4. The van der Waals surface area contributed by atoms with E-state index in [-0.39, 0.29) is 62.4 Å². The molecule has 6 amide bonds. The van der Waals surface area contributed by atoms with Crippen LogP contribution in [-0.2, 0) is 47.8 Å². The van der Waals surface area contributed by atoms with Crippen LogP contribution in [0.3, 0.4) is 0 Å². The molecule has 0 aliphatic carbocycles. The van der Waals surface area contributed by atoms with Gasteiger partial charge < -0.3 is 45.1 Å². The fraction of sp³-hybridized carbons (Fsp3) is 0.793. The molecule has 0 aromatic heterocycles. The molecule has 17 heteroatoms. The first kappa shape index (κ1) is 37.5. The standard InChI is InChI=1S/C29H47N5O11S/c1-2-20(31-23(35)6-4-3-5-22-27-21(19-46-22)32-29(40)33-27)28(39)30-10-12-42-14-16-44-18-17-43-15-13-41-11-9-26(38)45-34-24(36)7-8-25(34)37/h20-22,27H,2-19H2,1H3,(H,30,39)(H,31,35)(H2,32,33,40)/t20-,21+,22-,27+/m0/s1. The lowest BCUT2D eigenvalue weighted by Gasteiger charge is -2.18. The first-order chi connectivity index (χ1) is 22.3. The van der Waals surface area contributed by atoms with Gasteiger partial charge in [0, 0.05) is 36.8 Å². The zero-order valence-corrected chi connectivity index (χ0v) is 27.2. The van der Waals surface area contributed by atoms with Crippen molar-refractivity contribution in [2.24, 2.45) is 0 Å². The number of hydroxylamine groups is 2. The van der Waals surface area contributed by atoms with Crippen LogP contribution in [-0.4, -0.2) is 129 Å². The molecule has 0 bridgehead atoms. The van der Waals surface area contributed by atoms with E-state index >= 15 is 0 Å². The minimum atomic E-state index is -0.715. The summed E-state index contributed by atoms with van der Waals surface area (Å²) in [4.78, 5) is 75.5. The lowest BCUT2D eigenvalue weighted by Crippen LogP contribution is -2.47. The highest BCUT2D eigenvalue weighted by Crippen LogP contribution is 2.33. The Bertz CT molecular complexity index is 1020. The van der Waals surface area contributed by atoms with Gasteiger partial charge in [-0.05, 0) is 19.3 Å². The van der Waals surface area contributed by atoms with E-state index in [0.29, 0.717) is 69.3 Å². The molecule has 3 fully saturated rings. The van der Waals surface area contributed by atoms with Gasteiger partial charge in [-0.25, -0.2) is 9.59 Å². The molecule has 0 unspecified atom stereocenters. The van der Waals surface area contributed by atoms with Crippen molar-refractivity contribution >= 4 is 47.4 Å². The number of thioether (sulfide) groups is 1. The van der Waals surface area contributed by atoms with E-state index < -0.39 is 23.8 Å². The number of imide groups is 1. The molecule has 0 spiro atoms. The number of hydrogen-bond donors (Lipinski definition) is 4. The van der Waals surface area contributed by atoms with Crippen molar-refractivity contribution in [2.75, 3.05) is 65.2 Å². The van der Waals surface area contributed by atoms with Crippen molar-refractivity contribution in [3.8, 4) is 0 Å². The molecule has 16 nitrogen and oxygen atoms in total. The van der Waals surface area contributed by atoms with E-state index in [1.54, 1.807) is 0 Å². The number of fused-ring (bicyclic) bond motifs is 1. The molecule has 46 heavy (non-hydrogen) atoms. The highest BCUT2D eigenvalue weighted by molar-refractivity contribution is 8.00. The number of ether oxygens (including phenoxy) is 4. The number of unbranched alkanes of at least 4 members (excludes halogenated alkanes) is 1. The Balaban J connectivity index is 1.06. The van der Waals surface area contributed by atoms with Crippen molar-refractivity contribution in [3.05, 3.63) is 0 Å². The average Bonchev–Trinajstić information content (AvgIpc) is 3.69. The quantitative estimate of drug-likeness (QED) is 0.0598. The molecule has 3 rings (SSSR count). The van der Waals surface area contributed by atoms with Gasteiger partial charge in [0.05, 0.1) is 71.4 Å². The van der Waals surface area contributed by atoms with Gasteiger partial charge in [0.1, 0.15) is 6.04 Å². The third-order valence-electron chi connectivity index (χ3n) is 7.45. The van der Waals surface area contributed by atoms with Crippen LogP contribution in [0.15, 0.2) is 0 Å². The molecule has 260 valence electrons. The van der Waals surface area contributed by atoms with Crippen LogP contribution in [0.1, 0.15) is 58.3 Å². The lowest BCUT2D eigenvalue weighted by atomic mass is 10.0. The predicted octanol–water partition coefficient (Wildman–Crippen LogP) is -0.213. The van der Waals surface area contributed by atoms with E-state index in [2.05, 4.69) is 21.3 Å². The van der Waals surface area contributed by atoms with Crippen LogP contribution in [0.2, 0.25) is 0 Å². The van der Waals surface area contributed by atoms with Crippen LogP contribution in [0.4, 0.5) is 4.79 Å².